The first kappa shape index (κ1) is 14.1. The van der Waals surface area contributed by atoms with E-state index in [4.69, 9.17) is 4.74 Å². The molecule has 4 nitrogen and oxygen atoms in total. The van der Waals surface area contributed by atoms with Crippen LogP contribution in [0.15, 0.2) is 18.2 Å². The maximum Gasteiger partial charge on any atom is 0.337 e. The Kier molecular flexibility index (Phi) is 4.58. The Labute approximate surface area is 116 Å². The second kappa shape index (κ2) is 6.19. The molecule has 0 saturated carbocycles. The molecule has 5 heteroatoms. The van der Waals surface area contributed by atoms with Crippen LogP contribution in [0.4, 0.5) is 5.69 Å². The molecule has 104 valence electrons. The number of aryl methyl sites for hydroxylation is 1. The van der Waals surface area contributed by atoms with Crippen molar-refractivity contribution in [1.82, 2.24) is 0 Å². The Hall–Kier alpha value is -1.36. The molecule has 1 aromatic carbocycles. The van der Waals surface area contributed by atoms with Crippen molar-refractivity contribution >= 4 is 22.5 Å². The number of ether oxygens (including phenoxy) is 1. The van der Waals surface area contributed by atoms with Gasteiger partial charge >= 0.3 is 5.97 Å². The van der Waals surface area contributed by atoms with Gasteiger partial charge in [0.15, 0.2) is 0 Å². The Morgan fingerprint density at radius 1 is 1.37 bits per heavy atom. The summed E-state index contributed by atoms with van der Waals surface area (Å²) in [5, 5.41) is 3.45. The minimum atomic E-state index is -0.652. The van der Waals surface area contributed by atoms with Crippen LogP contribution in [0, 0.1) is 6.92 Å². The number of benzene rings is 1. The average Bonchev–Trinajstić information content (AvgIpc) is 2.43. The van der Waals surface area contributed by atoms with Crippen molar-refractivity contribution in [3.63, 3.8) is 0 Å². The van der Waals surface area contributed by atoms with Crippen molar-refractivity contribution in [2.24, 2.45) is 0 Å². The molecule has 0 spiro atoms. The molecule has 1 aromatic rings. The molecule has 1 N–H and O–H groups in total. The number of hydrogen-bond donors (Lipinski definition) is 1. The second-order valence-electron chi connectivity index (χ2n) is 4.79. The maximum atomic E-state index is 11.5. The molecule has 2 rings (SSSR count). The lowest BCUT2D eigenvalue weighted by Crippen LogP contribution is -2.29. The van der Waals surface area contributed by atoms with Crippen molar-refractivity contribution in [2.45, 2.75) is 25.8 Å². The maximum absolute atomic E-state index is 11.5. The Balaban J connectivity index is 2.10. The summed E-state index contributed by atoms with van der Waals surface area (Å²) in [6.45, 7) is 2.00. The first-order valence-corrected chi connectivity index (χ1v) is 7.89. The first-order valence-electron chi connectivity index (χ1n) is 6.40. The van der Waals surface area contributed by atoms with E-state index < -0.39 is 10.8 Å². The van der Waals surface area contributed by atoms with Gasteiger partial charge in [-0.25, -0.2) is 4.79 Å². The van der Waals surface area contributed by atoms with Crippen molar-refractivity contribution < 1.29 is 13.7 Å². The quantitative estimate of drug-likeness (QED) is 0.862. The van der Waals surface area contributed by atoms with E-state index in [9.17, 15) is 9.00 Å². The normalized spacial score (nSPS) is 22.8. The Morgan fingerprint density at radius 3 is 2.68 bits per heavy atom. The zero-order chi connectivity index (χ0) is 13.8. The zero-order valence-corrected chi connectivity index (χ0v) is 12.1. The predicted molar refractivity (Wildman–Crippen MR) is 77.0 cm³/mol. The summed E-state index contributed by atoms with van der Waals surface area (Å²) < 4.78 is 16.1. The van der Waals surface area contributed by atoms with E-state index in [0.29, 0.717) is 11.6 Å². The van der Waals surface area contributed by atoms with Crippen LogP contribution in [0.2, 0.25) is 0 Å². The van der Waals surface area contributed by atoms with E-state index in [1.165, 1.54) is 7.11 Å². The molecule has 0 radical (unpaired) electrons. The number of carbonyl (C=O) groups excluding carboxylic acids is 1. The standard InChI is InChI=1S/C14H19NO3S/c1-10-3-4-11(14(16)18-2)9-13(10)15-12-5-7-19(17)8-6-12/h3-4,9,12,15H,5-8H2,1-2H3. The number of hydrogen-bond acceptors (Lipinski definition) is 4. The smallest absolute Gasteiger partial charge is 0.337 e. The SMILES string of the molecule is COC(=O)c1ccc(C)c(NC2CCS(=O)CC2)c1. The van der Waals surface area contributed by atoms with Gasteiger partial charge in [0.25, 0.3) is 0 Å². The predicted octanol–water partition coefficient (Wildman–Crippen LogP) is 2.10. The molecule has 0 atom stereocenters. The first-order chi connectivity index (χ1) is 9.10. The highest BCUT2D eigenvalue weighted by molar-refractivity contribution is 7.85. The van der Waals surface area contributed by atoms with Crippen LogP contribution < -0.4 is 5.32 Å². The van der Waals surface area contributed by atoms with Gasteiger partial charge < -0.3 is 10.1 Å². The number of nitrogens with one attached hydrogen (secondary N) is 1. The molecule has 1 aliphatic heterocycles. The van der Waals surface area contributed by atoms with E-state index in [-0.39, 0.29) is 5.97 Å². The molecule has 1 heterocycles. The van der Waals surface area contributed by atoms with Gasteiger partial charge in [0, 0.05) is 34.0 Å². The lowest BCUT2D eigenvalue weighted by Gasteiger charge is -2.24. The molecule has 1 saturated heterocycles. The average molecular weight is 281 g/mol. The van der Waals surface area contributed by atoms with Gasteiger partial charge in [0.1, 0.15) is 0 Å². The van der Waals surface area contributed by atoms with Crippen LogP contribution >= 0.6 is 0 Å². The van der Waals surface area contributed by atoms with Crippen LogP contribution in [0.5, 0.6) is 0 Å². The molecule has 1 aliphatic rings. The molecule has 0 unspecified atom stereocenters. The minimum absolute atomic E-state index is 0.326. The fourth-order valence-electron chi connectivity index (χ4n) is 2.18. The van der Waals surface area contributed by atoms with E-state index in [1.54, 1.807) is 6.07 Å². The summed E-state index contributed by atoms with van der Waals surface area (Å²) in [5.74, 6) is 1.19. The van der Waals surface area contributed by atoms with E-state index in [0.717, 1.165) is 35.6 Å². The van der Waals surface area contributed by atoms with Crippen molar-refractivity contribution in [1.29, 1.82) is 0 Å². The molecular formula is C14H19NO3S. The van der Waals surface area contributed by atoms with Crippen LogP contribution in [0.1, 0.15) is 28.8 Å². The highest BCUT2D eigenvalue weighted by Crippen LogP contribution is 2.21. The lowest BCUT2D eigenvalue weighted by atomic mass is 10.1. The van der Waals surface area contributed by atoms with Crippen LogP contribution in [0.25, 0.3) is 0 Å². The summed E-state index contributed by atoms with van der Waals surface area (Å²) in [5.41, 5.74) is 2.61. The number of rotatable bonds is 3. The van der Waals surface area contributed by atoms with Gasteiger partial charge in [-0.05, 0) is 37.5 Å². The number of carbonyl (C=O) groups is 1. The molecule has 0 aromatic heterocycles. The molecule has 19 heavy (non-hydrogen) atoms. The van der Waals surface area contributed by atoms with Crippen LogP contribution in [0.3, 0.4) is 0 Å². The molecule has 0 aliphatic carbocycles. The van der Waals surface area contributed by atoms with Crippen LogP contribution in [-0.4, -0.2) is 34.8 Å². The Morgan fingerprint density at radius 2 is 2.05 bits per heavy atom. The van der Waals surface area contributed by atoms with Crippen molar-refractivity contribution in [2.75, 3.05) is 23.9 Å². The summed E-state index contributed by atoms with van der Waals surface area (Å²) >= 11 is 0. The van der Waals surface area contributed by atoms with Gasteiger partial charge in [-0.1, -0.05) is 6.07 Å². The number of methoxy groups -OCH3 is 1. The monoisotopic (exact) mass is 281 g/mol. The topological polar surface area (TPSA) is 55.4 Å². The number of esters is 1. The molecule has 0 amide bonds. The van der Waals surface area contributed by atoms with Gasteiger partial charge in [-0.15, -0.1) is 0 Å². The van der Waals surface area contributed by atoms with Gasteiger partial charge in [0.05, 0.1) is 12.7 Å². The van der Waals surface area contributed by atoms with Gasteiger partial charge in [-0.3, -0.25) is 4.21 Å². The highest BCUT2D eigenvalue weighted by atomic mass is 32.2. The van der Waals surface area contributed by atoms with Crippen LogP contribution in [-0.2, 0) is 15.5 Å². The van der Waals surface area contributed by atoms with E-state index in [1.807, 2.05) is 19.1 Å². The summed E-state index contributed by atoms with van der Waals surface area (Å²) in [7, 11) is 0.729. The zero-order valence-electron chi connectivity index (χ0n) is 11.3. The van der Waals surface area contributed by atoms with E-state index in [2.05, 4.69) is 5.32 Å². The molecular weight excluding hydrogens is 262 g/mol. The van der Waals surface area contributed by atoms with Crippen molar-refractivity contribution in [3.8, 4) is 0 Å². The number of anilines is 1. The minimum Gasteiger partial charge on any atom is -0.465 e. The largest absolute Gasteiger partial charge is 0.465 e. The van der Waals surface area contributed by atoms with Crippen molar-refractivity contribution in [3.05, 3.63) is 29.3 Å². The third kappa shape index (κ3) is 3.56. The fourth-order valence-corrected chi connectivity index (χ4v) is 3.48. The lowest BCUT2D eigenvalue weighted by molar-refractivity contribution is 0.0601. The third-order valence-corrected chi connectivity index (χ3v) is 4.79. The van der Waals surface area contributed by atoms with E-state index >= 15 is 0 Å². The molecule has 1 fully saturated rings. The van der Waals surface area contributed by atoms with Gasteiger partial charge in [-0.2, -0.15) is 0 Å². The fraction of sp³-hybridized carbons (Fsp3) is 0.500. The summed E-state index contributed by atoms with van der Waals surface area (Å²) in [6, 6.07) is 5.84. The Bertz CT molecular complexity index is 491. The second-order valence-corrected chi connectivity index (χ2v) is 6.48. The van der Waals surface area contributed by atoms with Gasteiger partial charge in [0.2, 0.25) is 0 Å². The molecule has 0 bridgehead atoms. The summed E-state index contributed by atoms with van der Waals surface area (Å²) in [4.78, 5) is 11.5. The highest BCUT2D eigenvalue weighted by Gasteiger charge is 2.18. The third-order valence-electron chi connectivity index (χ3n) is 3.41. The summed E-state index contributed by atoms with van der Waals surface area (Å²) in [6.07, 6.45) is 1.82.